The molecule has 1 aromatic rings. The molecule has 2 saturated heterocycles. The Morgan fingerprint density at radius 2 is 2.03 bits per heavy atom. The van der Waals surface area contributed by atoms with Crippen LogP contribution in [0.4, 0.5) is 0 Å². The Balaban J connectivity index is 1.23. The van der Waals surface area contributed by atoms with E-state index in [0.29, 0.717) is 23.9 Å². The van der Waals surface area contributed by atoms with Crippen molar-refractivity contribution >= 4 is 17.7 Å². The summed E-state index contributed by atoms with van der Waals surface area (Å²) in [5.74, 6) is 0.129. The fourth-order valence-corrected chi connectivity index (χ4v) is 5.27. The van der Waals surface area contributed by atoms with Crippen molar-refractivity contribution in [1.29, 1.82) is 0 Å². The molecule has 7 nitrogen and oxygen atoms in total. The number of benzene rings is 1. The second-order valence-electron chi connectivity index (χ2n) is 9.06. The zero-order valence-corrected chi connectivity index (χ0v) is 16.6. The van der Waals surface area contributed by atoms with Crippen molar-refractivity contribution in [3.63, 3.8) is 0 Å². The van der Waals surface area contributed by atoms with Crippen LogP contribution in [0, 0.1) is 11.3 Å². The van der Waals surface area contributed by atoms with Crippen LogP contribution in [0.15, 0.2) is 18.2 Å². The van der Waals surface area contributed by atoms with E-state index in [0.717, 1.165) is 43.2 Å². The van der Waals surface area contributed by atoms with Crippen LogP contribution in [0.25, 0.3) is 0 Å². The molecule has 3 amide bonds. The second-order valence-corrected chi connectivity index (χ2v) is 9.06. The van der Waals surface area contributed by atoms with Gasteiger partial charge in [0.15, 0.2) is 0 Å². The Hall–Kier alpha value is -2.25. The Morgan fingerprint density at radius 3 is 2.76 bits per heavy atom. The van der Waals surface area contributed by atoms with E-state index in [1.807, 2.05) is 12.1 Å². The molecule has 2 atom stereocenters. The third-order valence-electron chi connectivity index (χ3n) is 7.12. The summed E-state index contributed by atoms with van der Waals surface area (Å²) in [5, 5.41) is 9.50. The Morgan fingerprint density at radius 1 is 1.17 bits per heavy atom. The first kappa shape index (κ1) is 18.8. The van der Waals surface area contributed by atoms with Crippen LogP contribution in [0.2, 0.25) is 0 Å². The second kappa shape index (κ2) is 7.22. The first-order valence-electron chi connectivity index (χ1n) is 10.7. The lowest BCUT2D eigenvalue weighted by atomic mass is 9.81. The third kappa shape index (κ3) is 3.46. The number of rotatable bonds is 6. The van der Waals surface area contributed by atoms with Crippen LogP contribution in [-0.2, 0) is 22.7 Å². The van der Waals surface area contributed by atoms with Crippen LogP contribution in [0.1, 0.15) is 53.6 Å². The van der Waals surface area contributed by atoms with Crippen LogP contribution >= 0.6 is 0 Å². The standard InChI is InChI=1S/C22H28N4O3/c27-19-6-5-18(20(28)25-19)26-11-15-2-1-14(9-17(15)21(26)29)10-24-13-22(16-3-4-16)7-8-23-12-22/h1-2,9,16,18,23-24H,3-8,10-13H2,(H,25,27,28). The summed E-state index contributed by atoms with van der Waals surface area (Å²) in [6, 6.07) is 5.49. The normalized spacial score (nSPS) is 29.3. The number of hydrogen-bond donors (Lipinski definition) is 3. The number of imide groups is 1. The average molecular weight is 396 g/mol. The monoisotopic (exact) mass is 396 g/mol. The highest BCUT2D eigenvalue weighted by Gasteiger charge is 2.46. The number of nitrogens with one attached hydrogen (secondary N) is 3. The van der Waals surface area contributed by atoms with Gasteiger partial charge in [-0.05, 0) is 60.8 Å². The maximum Gasteiger partial charge on any atom is 0.255 e. The van der Waals surface area contributed by atoms with Gasteiger partial charge in [0.1, 0.15) is 6.04 Å². The fourth-order valence-electron chi connectivity index (χ4n) is 5.27. The zero-order valence-electron chi connectivity index (χ0n) is 16.6. The molecule has 3 N–H and O–H groups in total. The Labute approximate surface area is 170 Å². The molecule has 7 heteroatoms. The van der Waals surface area contributed by atoms with Crippen LogP contribution in [0.3, 0.4) is 0 Å². The summed E-state index contributed by atoms with van der Waals surface area (Å²) in [5.41, 5.74) is 3.14. The van der Waals surface area contributed by atoms with Crippen LogP contribution < -0.4 is 16.0 Å². The van der Waals surface area contributed by atoms with Crippen molar-refractivity contribution in [2.45, 2.75) is 51.2 Å². The minimum absolute atomic E-state index is 0.106. The van der Waals surface area contributed by atoms with Gasteiger partial charge in [-0.25, -0.2) is 0 Å². The topological polar surface area (TPSA) is 90.5 Å². The lowest BCUT2D eigenvalue weighted by Gasteiger charge is -2.29. The van der Waals surface area contributed by atoms with Crippen molar-refractivity contribution in [1.82, 2.24) is 20.9 Å². The van der Waals surface area contributed by atoms with Gasteiger partial charge in [0.05, 0.1) is 0 Å². The molecule has 2 unspecified atom stereocenters. The van der Waals surface area contributed by atoms with E-state index in [4.69, 9.17) is 0 Å². The smallest absolute Gasteiger partial charge is 0.255 e. The minimum Gasteiger partial charge on any atom is -0.322 e. The zero-order chi connectivity index (χ0) is 20.0. The van der Waals surface area contributed by atoms with E-state index in [-0.39, 0.29) is 24.1 Å². The van der Waals surface area contributed by atoms with Crippen LogP contribution in [-0.4, -0.2) is 48.3 Å². The lowest BCUT2D eigenvalue weighted by molar-refractivity contribution is -0.136. The first-order valence-corrected chi connectivity index (χ1v) is 10.7. The highest BCUT2D eigenvalue weighted by molar-refractivity contribution is 6.05. The van der Waals surface area contributed by atoms with Crippen molar-refractivity contribution in [3.05, 3.63) is 34.9 Å². The lowest BCUT2D eigenvalue weighted by Crippen LogP contribution is -2.52. The predicted octanol–water partition coefficient (Wildman–Crippen LogP) is 0.927. The maximum atomic E-state index is 12.9. The van der Waals surface area contributed by atoms with Gasteiger partial charge in [0.2, 0.25) is 11.8 Å². The molecule has 4 aliphatic rings. The van der Waals surface area contributed by atoms with E-state index in [9.17, 15) is 14.4 Å². The van der Waals surface area contributed by atoms with Crippen molar-refractivity contribution in [2.24, 2.45) is 11.3 Å². The largest absolute Gasteiger partial charge is 0.322 e. The molecule has 0 spiro atoms. The molecule has 1 saturated carbocycles. The summed E-state index contributed by atoms with van der Waals surface area (Å²) < 4.78 is 0. The van der Waals surface area contributed by atoms with Gasteiger partial charge >= 0.3 is 0 Å². The number of fused-ring (bicyclic) bond motifs is 1. The van der Waals surface area contributed by atoms with Crippen molar-refractivity contribution in [2.75, 3.05) is 19.6 Å². The number of amides is 3. The number of nitrogens with zero attached hydrogens (tertiary/aromatic N) is 1. The Bertz CT molecular complexity index is 858. The molecule has 1 aromatic carbocycles. The summed E-state index contributed by atoms with van der Waals surface area (Å²) in [7, 11) is 0. The molecule has 0 aromatic heterocycles. The molecule has 1 aliphatic carbocycles. The molecule has 0 radical (unpaired) electrons. The van der Waals surface area contributed by atoms with Gasteiger partial charge in [-0.2, -0.15) is 0 Å². The molecule has 154 valence electrons. The summed E-state index contributed by atoms with van der Waals surface area (Å²) >= 11 is 0. The Kier molecular flexibility index (Phi) is 4.67. The molecule has 3 fully saturated rings. The highest BCUT2D eigenvalue weighted by atomic mass is 16.2. The number of carbonyl (C=O) groups is 3. The van der Waals surface area contributed by atoms with Gasteiger partial charge in [-0.1, -0.05) is 12.1 Å². The van der Waals surface area contributed by atoms with Crippen molar-refractivity contribution in [3.8, 4) is 0 Å². The molecular weight excluding hydrogens is 368 g/mol. The van der Waals surface area contributed by atoms with E-state index in [1.54, 1.807) is 4.90 Å². The van der Waals surface area contributed by atoms with Crippen LogP contribution in [0.5, 0.6) is 0 Å². The molecule has 3 heterocycles. The molecule has 5 rings (SSSR count). The van der Waals surface area contributed by atoms with E-state index >= 15 is 0 Å². The quantitative estimate of drug-likeness (QED) is 0.623. The molecule has 0 bridgehead atoms. The summed E-state index contributed by atoms with van der Waals surface area (Å²) in [6.07, 6.45) is 4.63. The first-order chi connectivity index (χ1) is 14.1. The summed E-state index contributed by atoms with van der Waals surface area (Å²) in [4.78, 5) is 38.1. The third-order valence-corrected chi connectivity index (χ3v) is 7.12. The van der Waals surface area contributed by atoms with Gasteiger partial charge in [0, 0.05) is 38.2 Å². The minimum atomic E-state index is -0.553. The van der Waals surface area contributed by atoms with E-state index in [1.165, 1.54) is 19.3 Å². The van der Waals surface area contributed by atoms with E-state index < -0.39 is 6.04 Å². The summed E-state index contributed by atoms with van der Waals surface area (Å²) in [6.45, 7) is 4.41. The van der Waals surface area contributed by atoms with Crippen molar-refractivity contribution < 1.29 is 14.4 Å². The molecule has 29 heavy (non-hydrogen) atoms. The van der Waals surface area contributed by atoms with E-state index in [2.05, 4.69) is 22.0 Å². The maximum absolute atomic E-state index is 12.9. The molecular formula is C22H28N4O3. The number of carbonyl (C=O) groups excluding carboxylic acids is 3. The van der Waals surface area contributed by atoms with Gasteiger partial charge in [-0.3, -0.25) is 19.7 Å². The number of hydrogen-bond acceptors (Lipinski definition) is 5. The van der Waals surface area contributed by atoms with Gasteiger partial charge < -0.3 is 15.5 Å². The van der Waals surface area contributed by atoms with Gasteiger partial charge in [-0.15, -0.1) is 0 Å². The SMILES string of the molecule is O=C1CCC(N2Cc3ccc(CNCC4(C5CC5)CCNC4)cc3C2=O)C(=O)N1. The average Bonchev–Trinajstić information content (AvgIpc) is 3.38. The highest BCUT2D eigenvalue weighted by Crippen LogP contribution is 2.48. The van der Waals surface area contributed by atoms with Gasteiger partial charge in [0.25, 0.3) is 5.91 Å². The molecule has 3 aliphatic heterocycles. The fraction of sp³-hybridized carbons (Fsp3) is 0.591. The number of piperidine rings is 1. The predicted molar refractivity (Wildman–Crippen MR) is 107 cm³/mol.